The number of hydrogen-bond acceptors (Lipinski definition) is 4. The van der Waals surface area contributed by atoms with Crippen molar-refractivity contribution in [1.82, 2.24) is 5.32 Å². The molecule has 0 radical (unpaired) electrons. The number of aromatic hydroxyl groups is 1. The molecule has 0 saturated heterocycles. The fourth-order valence-corrected chi connectivity index (χ4v) is 3.11. The molecule has 3 nitrogen and oxygen atoms in total. The Balaban J connectivity index is 2.59. The number of phenols is 1. The summed E-state index contributed by atoms with van der Waals surface area (Å²) in [6.07, 6.45) is 1.97. The Morgan fingerprint density at radius 1 is 1.44 bits per heavy atom. The van der Waals surface area contributed by atoms with Crippen molar-refractivity contribution >= 4 is 27.7 Å². The van der Waals surface area contributed by atoms with Gasteiger partial charge < -0.3 is 15.5 Å². The van der Waals surface area contributed by atoms with Gasteiger partial charge in [0.2, 0.25) is 0 Å². The van der Waals surface area contributed by atoms with E-state index in [4.69, 9.17) is 0 Å². The van der Waals surface area contributed by atoms with Gasteiger partial charge in [-0.15, -0.1) is 0 Å². The van der Waals surface area contributed by atoms with Gasteiger partial charge in [-0.1, -0.05) is 15.9 Å². The van der Waals surface area contributed by atoms with Gasteiger partial charge in [0.15, 0.2) is 0 Å². The third kappa shape index (κ3) is 4.80. The molecule has 0 amide bonds. The van der Waals surface area contributed by atoms with Crippen LogP contribution in [0.25, 0.3) is 0 Å². The molecule has 102 valence electrons. The van der Waals surface area contributed by atoms with Crippen molar-refractivity contribution in [2.45, 2.75) is 26.0 Å². The molecule has 0 aliphatic rings. The van der Waals surface area contributed by atoms with E-state index < -0.39 is 5.60 Å². The topological polar surface area (TPSA) is 52.5 Å². The molecule has 1 atom stereocenters. The van der Waals surface area contributed by atoms with Crippen molar-refractivity contribution < 1.29 is 10.2 Å². The van der Waals surface area contributed by atoms with Gasteiger partial charge in [-0.05, 0) is 37.8 Å². The fourth-order valence-electron chi connectivity index (χ4n) is 1.77. The molecule has 3 N–H and O–H groups in total. The van der Waals surface area contributed by atoms with Crippen LogP contribution in [0.2, 0.25) is 0 Å². The lowest BCUT2D eigenvalue weighted by molar-refractivity contribution is 0.0845. The molecule has 5 heteroatoms. The molecule has 0 aromatic heterocycles. The SMILES string of the molecule is CSCC(C)(O)CNCc1cc(Br)cc(C)c1O. The van der Waals surface area contributed by atoms with E-state index in [9.17, 15) is 10.2 Å². The van der Waals surface area contributed by atoms with Crippen molar-refractivity contribution in [2.75, 3.05) is 18.6 Å². The van der Waals surface area contributed by atoms with Crippen molar-refractivity contribution in [3.8, 4) is 5.75 Å². The highest BCUT2D eigenvalue weighted by Crippen LogP contribution is 2.26. The van der Waals surface area contributed by atoms with Gasteiger partial charge in [-0.25, -0.2) is 0 Å². The third-order valence-electron chi connectivity index (χ3n) is 2.62. The van der Waals surface area contributed by atoms with E-state index in [1.165, 1.54) is 0 Å². The lowest BCUT2D eigenvalue weighted by Gasteiger charge is -2.22. The highest BCUT2D eigenvalue weighted by atomic mass is 79.9. The maximum atomic E-state index is 10.0. The summed E-state index contributed by atoms with van der Waals surface area (Å²) in [5, 5.41) is 23.1. The monoisotopic (exact) mass is 333 g/mol. The lowest BCUT2D eigenvalue weighted by atomic mass is 10.1. The van der Waals surface area contributed by atoms with Crippen LogP contribution in [-0.4, -0.2) is 34.4 Å². The first-order valence-electron chi connectivity index (χ1n) is 5.76. The lowest BCUT2D eigenvalue weighted by Crippen LogP contribution is -2.39. The second kappa shape index (κ2) is 6.80. The molecule has 0 bridgehead atoms. The molecular weight excluding hydrogens is 314 g/mol. The van der Waals surface area contributed by atoms with Crippen LogP contribution < -0.4 is 5.32 Å². The van der Waals surface area contributed by atoms with Crippen LogP contribution in [-0.2, 0) is 6.54 Å². The highest BCUT2D eigenvalue weighted by Gasteiger charge is 2.19. The van der Waals surface area contributed by atoms with Crippen LogP contribution in [0, 0.1) is 6.92 Å². The minimum Gasteiger partial charge on any atom is -0.507 e. The predicted molar refractivity (Wildman–Crippen MR) is 81.3 cm³/mol. The van der Waals surface area contributed by atoms with Gasteiger partial charge >= 0.3 is 0 Å². The second-order valence-corrected chi connectivity index (χ2v) is 6.55. The van der Waals surface area contributed by atoms with Gasteiger partial charge in [0.05, 0.1) is 5.60 Å². The minimum absolute atomic E-state index is 0.315. The summed E-state index contributed by atoms with van der Waals surface area (Å²) in [5.74, 6) is 0.999. The van der Waals surface area contributed by atoms with Crippen molar-refractivity contribution in [2.24, 2.45) is 0 Å². The zero-order chi connectivity index (χ0) is 13.8. The van der Waals surface area contributed by atoms with E-state index in [0.29, 0.717) is 24.6 Å². The van der Waals surface area contributed by atoms with E-state index in [1.54, 1.807) is 11.8 Å². The predicted octanol–water partition coefficient (Wildman–Crippen LogP) is 2.67. The van der Waals surface area contributed by atoms with E-state index in [1.807, 2.05) is 32.2 Å². The number of benzene rings is 1. The summed E-state index contributed by atoms with van der Waals surface area (Å²) in [7, 11) is 0. The van der Waals surface area contributed by atoms with E-state index in [2.05, 4.69) is 21.2 Å². The summed E-state index contributed by atoms with van der Waals surface area (Å²) in [6.45, 7) is 4.71. The number of aliphatic hydroxyl groups is 1. The zero-order valence-electron chi connectivity index (χ0n) is 11.0. The Kier molecular flexibility index (Phi) is 5.98. The number of nitrogens with one attached hydrogen (secondary N) is 1. The number of aryl methyl sites for hydroxylation is 1. The van der Waals surface area contributed by atoms with Crippen LogP contribution in [0.15, 0.2) is 16.6 Å². The highest BCUT2D eigenvalue weighted by molar-refractivity contribution is 9.10. The molecular formula is C13H20BrNO2S. The maximum absolute atomic E-state index is 10.0. The van der Waals surface area contributed by atoms with Gasteiger partial charge in [-0.3, -0.25) is 0 Å². The molecule has 0 aliphatic heterocycles. The van der Waals surface area contributed by atoms with E-state index >= 15 is 0 Å². The first-order chi connectivity index (χ1) is 8.35. The van der Waals surface area contributed by atoms with Crippen LogP contribution in [0.5, 0.6) is 5.75 Å². The van der Waals surface area contributed by atoms with E-state index in [0.717, 1.165) is 15.6 Å². The maximum Gasteiger partial charge on any atom is 0.123 e. The summed E-state index contributed by atoms with van der Waals surface area (Å²) < 4.78 is 0.950. The summed E-state index contributed by atoms with van der Waals surface area (Å²) in [6, 6.07) is 3.77. The Bertz CT molecular complexity index is 410. The average molecular weight is 334 g/mol. The first kappa shape index (κ1) is 15.8. The normalized spacial score (nSPS) is 14.5. The van der Waals surface area contributed by atoms with Gasteiger partial charge in [0.1, 0.15) is 5.75 Å². The largest absolute Gasteiger partial charge is 0.507 e. The van der Waals surface area contributed by atoms with Crippen LogP contribution in [0.4, 0.5) is 0 Å². The molecule has 0 saturated carbocycles. The summed E-state index contributed by atoms with van der Waals surface area (Å²) in [5.41, 5.74) is 0.953. The summed E-state index contributed by atoms with van der Waals surface area (Å²) in [4.78, 5) is 0. The van der Waals surface area contributed by atoms with Crippen molar-refractivity contribution in [3.63, 3.8) is 0 Å². The molecule has 1 rings (SSSR count). The molecule has 0 heterocycles. The molecule has 1 aromatic rings. The molecule has 1 unspecified atom stereocenters. The second-order valence-electron chi connectivity index (χ2n) is 4.76. The smallest absolute Gasteiger partial charge is 0.123 e. The summed E-state index contributed by atoms with van der Waals surface area (Å²) >= 11 is 5.03. The van der Waals surface area contributed by atoms with Gasteiger partial charge in [0.25, 0.3) is 0 Å². The zero-order valence-corrected chi connectivity index (χ0v) is 13.4. The third-order valence-corrected chi connectivity index (χ3v) is 3.99. The van der Waals surface area contributed by atoms with Crippen molar-refractivity contribution in [3.05, 3.63) is 27.7 Å². The van der Waals surface area contributed by atoms with Gasteiger partial charge in [0, 0.05) is 28.9 Å². The van der Waals surface area contributed by atoms with Crippen LogP contribution in [0.3, 0.4) is 0 Å². The number of rotatable bonds is 6. The molecule has 0 fully saturated rings. The fraction of sp³-hybridized carbons (Fsp3) is 0.538. The van der Waals surface area contributed by atoms with Crippen LogP contribution >= 0.6 is 27.7 Å². The van der Waals surface area contributed by atoms with Crippen molar-refractivity contribution in [1.29, 1.82) is 0 Å². The molecule has 1 aromatic carbocycles. The Morgan fingerprint density at radius 2 is 2.11 bits per heavy atom. The average Bonchev–Trinajstić information content (AvgIpc) is 2.24. The first-order valence-corrected chi connectivity index (χ1v) is 7.94. The van der Waals surface area contributed by atoms with E-state index in [-0.39, 0.29) is 0 Å². The number of hydrogen-bond donors (Lipinski definition) is 3. The molecule has 18 heavy (non-hydrogen) atoms. The van der Waals surface area contributed by atoms with Crippen LogP contribution in [0.1, 0.15) is 18.1 Å². The number of phenolic OH excluding ortho intramolecular Hbond substituents is 1. The number of halogens is 1. The standard InChI is InChI=1S/C13H20BrNO2S/c1-9-4-11(14)5-10(12(9)16)6-15-7-13(2,17)8-18-3/h4-5,15-17H,6-8H2,1-3H3. The molecule has 0 aliphatic carbocycles. The molecule has 0 spiro atoms. The quantitative estimate of drug-likeness (QED) is 0.749. The Morgan fingerprint density at radius 3 is 2.72 bits per heavy atom. The Hall–Kier alpha value is -0.230. The number of thioether (sulfide) groups is 1. The minimum atomic E-state index is -0.726. The van der Waals surface area contributed by atoms with Gasteiger partial charge in [-0.2, -0.15) is 11.8 Å². The Labute approximate surface area is 121 Å².